The van der Waals surface area contributed by atoms with E-state index in [1.807, 2.05) is 24.3 Å². The summed E-state index contributed by atoms with van der Waals surface area (Å²) in [6.07, 6.45) is 7.76. The minimum Gasteiger partial charge on any atom is -0.325 e. The van der Waals surface area contributed by atoms with Crippen LogP contribution < -0.4 is 10.2 Å². The maximum atomic E-state index is 12.5. The summed E-state index contributed by atoms with van der Waals surface area (Å²) in [5.74, 6) is 1.02. The highest BCUT2D eigenvalue weighted by Gasteiger charge is 2.22. The van der Waals surface area contributed by atoms with Crippen molar-refractivity contribution in [3.8, 4) is 0 Å². The molecule has 0 bridgehead atoms. The minimum atomic E-state index is 0.0313. The van der Waals surface area contributed by atoms with Crippen molar-refractivity contribution >= 4 is 23.2 Å². The Morgan fingerprint density at radius 1 is 1.19 bits per heavy atom. The highest BCUT2D eigenvalue weighted by Crippen LogP contribution is 2.25. The number of carbonyl (C=O) groups excluding carboxylic acids is 2. The maximum absolute atomic E-state index is 12.5. The van der Waals surface area contributed by atoms with Crippen LogP contribution in [0.3, 0.4) is 0 Å². The van der Waals surface area contributed by atoms with Crippen molar-refractivity contribution < 1.29 is 9.59 Å². The van der Waals surface area contributed by atoms with Crippen LogP contribution in [0.1, 0.15) is 51.9 Å². The van der Waals surface area contributed by atoms with E-state index in [1.54, 1.807) is 4.90 Å². The zero-order valence-electron chi connectivity index (χ0n) is 15.9. The average molecular weight is 357 g/mol. The molecule has 0 aliphatic carbocycles. The molecule has 2 amide bonds. The molecule has 2 aliphatic rings. The fourth-order valence-corrected chi connectivity index (χ4v) is 4.16. The molecule has 0 saturated carbocycles. The first-order valence-electron chi connectivity index (χ1n) is 10.1. The Balaban J connectivity index is 1.52. The SMILES string of the molecule is CCCC1CCCN(CC(=O)Nc2cccc(N3CCCC3=O)c2)CC1. The number of nitrogens with zero attached hydrogens (tertiary/aromatic N) is 2. The highest BCUT2D eigenvalue weighted by atomic mass is 16.2. The van der Waals surface area contributed by atoms with Crippen molar-refractivity contribution in [3.63, 3.8) is 0 Å². The van der Waals surface area contributed by atoms with Crippen LogP contribution in [0.15, 0.2) is 24.3 Å². The van der Waals surface area contributed by atoms with E-state index in [4.69, 9.17) is 0 Å². The first-order valence-corrected chi connectivity index (χ1v) is 10.1. The second kappa shape index (κ2) is 9.17. The molecule has 2 saturated heterocycles. The molecule has 3 rings (SSSR count). The van der Waals surface area contributed by atoms with E-state index in [0.717, 1.165) is 43.3 Å². The zero-order valence-corrected chi connectivity index (χ0v) is 15.9. The van der Waals surface area contributed by atoms with E-state index < -0.39 is 0 Å². The second-order valence-electron chi connectivity index (χ2n) is 7.61. The van der Waals surface area contributed by atoms with E-state index in [2.05, 4.69) is 17.1 Å². The Hall–Kier alpha value is -1.88. The van der Waals surface area contributed by atoms with Gasteiger partial charge in [0.2, 0.25) is 11.8 Å². The standard InChI is InChI=1S/C21H31N3O2/c1-2-6-17-7-4-12-23(14-11-17)16-20(25)22-18-8-3-9-19(15-18)24-13-5-10-21(24)26/h3,8-9,15,17H,2,4-7,10-14,16H2,1H3,(H,22,25). The van der Waals surface area contributed by atoms with Gasteiger partial charge in [0.1, 0.15) is 0 Å². The van der Waals surface area contributed by atoms with Gasteiger partial charge in [0.25, 0.3) is 0 Å². The lowest BCUT2D eigenvalue weighted by molar-refractivity contribution is -0.117. The predicted octanol–water partition coefficient (Wildman–Crippen LogP) is 3.65. The number of benzene rings is 1. The molecule has 1 N–H and O–H groups in total. The Labute approximate surface area is 156 Å². The quantitative estimate of drug-likeness (QED) is 0.845. The molecule has 0 aromatic heterocycles. The van der Waals surface area contributed by atoms with Gasteiger partial charge in [-0.25, -0.2) is 0 Å². The lowest BCUT2D eigenvalue weighted by Gasteiger charge is -2.20. The van der Waals surface area contributed by atoms with Crippen LogP contribution in [0.4, 0.5) is 11.4 Å². The van der Waals surface area contributed by atoms with E-state index in [1.165, 1.54) is 32.1 Å². The summed E-state index contributed by atoms with van der Waals surface area (Å²) in [4.78, 5) is 28.5. The van der Waals surface area contributed by atoms with Gasteiger partial charge in [-0.3, -0.25) is 14.5 Å². The van der Waals surface area contributed by atoms with Crippen molar-refractivity contribution in [1.29, 1.82) is 0 Å². The van der Waals surface area contributed by atoms with Gasteiger partial charge >= 0.3 is 0 Å². The van der Waals surface area contributed by atoms with Gasteiger partial charge in [0, 0.05) is 24.3 Å². The number of hydrogen-bond acceptors (Lipinski definition) is 3. The van der Waals surface area contributed by atoms with Crippen LogP contribution in [0.2, 0.25) is 0 Å². The van der Waals surface area contributed by atoms with Crippen LogP contribution >= 0.6 is 0 Å². The van der Waals surface area contributed by atoms with Crippen molar-refractivity contribution in [1.82, 2.24) is 4.90 Å². The molecule has 1 atom stereocenters. The summed E-state index contributed by atoms with van der Waals surface area (Å²) >= 11 is 0. The lowest BCUT2D eigenvalue weighted by atomic mass is 9.96. The number of carbonyl (C=O) groups is 2. The van der Waals surface area contributed by atoms with Crippen molar-refractivity contribution in [2.75, 3.05) is 36.4 Å². The minimum absolute atomic E-state index is 0.0313. The van der Waals surface area contributed by atoms with Gasteiger partial charge in [-0.05, 0) is 62.9 Å². The number of likely N-dealkylation sites (tertiary alicyclic amines) is 1. The molecule has 142 valence electrons. The average Bonchev–Trinajstić information content (AvgIpc) is 2.93. The Morgan fingerprint density at radius 2 is 2.08 bits per heavy atom. The summed E-state index contributed by atoms with van der Waals surface area (Å²) in [5.41, 5.74) is 1.65. The van der Waals surface area contributed by atoms with Crippen LogP contribution in [0, 0.1) is 5.92 Å². The molecule has 26 heavy (non-hydrogen) atoms. The van der Waals surface area contributed by atoms with Crippen molar-refractivity contribution in [2.24, 2.45) is 5.92 Å². The molecule has 2 heterocycles. The Kier molecular flexibility index (Phi) is 6.67. The first kappa shape index (κ1) is 18.9. The molecule has 5 nitrogen and oxygen atoms in total. The van der Waals surface area contributed by atoms with Crippen LogP contribution in [-0.2, 0) is 9.59 Å². The van der Waals surface area contributed by atoms with Gasteiger partial charge in [-0.15, -0.1) is 0 Å². The Morgan fingerprint density at radius 3 is 2.85 bits per heavy atom. The van der Waals surface area contributed by atoms with E-state index in [0.29, 0.717) is 13.0 Å². The summed E-state index contributed by atoms with van der Waals surface area (Å²) in [5, 5.41) is 3.01. The summed E-state index contributed by atoms with van der Waals surface area (Å²) in [6, 6.07) is 7.63. The van der Waals surface area contributed by atoms with E-state index in [9.17, 15) is 9.59 Å². The highest BCUT2D eigenvalue weighted by molar-refractivity contribution is 5.97. The fraction of sp³-hybridized carbons (Fsp3) is 0.619. The molecule has 1 aromatic rings. The van der Waals surface area contributed by atoms with E-state index >= 15 is 0 Å². The third-order valence-electron chi connectivity index (χ3n) is 5.52. The largest absolute Gasteiger partial charge is 0.325 e. The predicted molar refractivity (Wildman–Crippen MR) is 105 cm³/mol. The van der Waals surface area contributed by atoms with Crippen molar-refractivity contribution in [3.05, 3.63) is 24.3 Å². The first-order chi connectivity index (χ1) is 12.7. The molecule has 1 aromatic carbocycles. The summed E-state index contributed by atoms with van der Waals surface area (Å²) in [7, 11) is 0. The number of rotatable bonds is 6. The summed E-state index contributed by atoms with van der Waals surface area (Å²) < 4.78 is 0. The molecule has 5 heteroatoms. The molecule has 0 radical (unpaired) electrons. The van der Waals surface area contributed by atoms with Gasteiger partial charge in [0.05, 0.1) is 6.54 Å². The summed E-state index contributed by atoms with van der Waals surface area (Å²) in [6.45, 7) is 5.49. The molecule has 2 aliphatic heterocycles. The monoisotopic (exact) mass is 357 g/mol. The normalized spacial score (nSPS) is 21.7. The number of anilines is 2. The van der Waals surface area contributed by atoms with Gasteiger partial charge < -0.3 is 10.2 Å². The fourth-order valence-electron chi connectivity index (χ4n) is 4.16. The number of hydrogen-bond donors (Lipinski definition) is 1. The molecule has 1 unspecified atom stereocenters. The van der Waals surface area contributed by atoms with Crippen LogP contribution in [-0.4, -0.2) is 42.9 Å². The number of amides is 2. The third-order valence-corrected chi connectivity index (χ3v) is 5.52. The third kappa shape index (κ3) is 5.07. The van der Waals surface area contributed by atoms with E-state index in [-0.39, 0.29) is 11.8 Å². The maximum Gasteiger partial charge on any atom is 0.238 e. The van der Waals surface area contributed by atoms with Crippen molar-refractivity contribution in [2.45, 2.75) is 51.9 Å². The van der Waals surface area contributed by atoms with Crippen LogP contribution in [0.5, 0.6) is 0 Å². The molecule has 0 spiro atoms. The lowest BCUT2D eigenvalue weighted by Crippen LogP contribution is -2.34. The van der Waals surface area contributed by atoms with Gasteiger partial charge in [-0.2, -0.15) is 0 Å². The zero-order chi connectivity index (χ0) is 18.4. The van der Waals surface area contributed by atoms with Gasteiger partial charge in [-0.1, -0.05) is 25.8 Å². The molecular formula is C21H31N3O2. The van der Waals surface area contributed by atoms with Crippen LogP contribution in [0.25, 0.3) is 0 Å². The molecule has 2 fully saturated rings. The molecular weight excluding hydrogens is 326 g/mol. The Bertz CT molecular complexity index is 631. The second-order valence-corrected chi connectivity index (χ2v) is 7.61. The number of nitrogens with one attached hydrogen (secondary N) is 1. The van der Waals surface area contributed by atoms with Gasteiger partial charge in [0.15, 0.2) is 0 Å². The smallest absolute Gasteiger partial charge is 0.238 e. The topological polar surface area (TPSA) is 52.7 Å².